The summed E-state index contributed by atoms with van der Waals surface area (Å²) in [7, 11) is 1.65. The molecule has 8 heteroatoms. The number of hydrogen-bond donors (Lipinski definition) is 2. The highest BCUT2D eigenvalue weighted by Crippen LogP contribution is 2.57. The first kappa shape index (κ1) is 21.8. The fourth-order valence-electron chi connectivity index (χ4n) is 5.08. The van der Waals surface area contributed by atoms with Gasteiger partial charge in [0.2, 0.25) is 3.79 Å². The molecule has 0 aromatic heterocycles. The van der Waals surface area contributed by atoms with Crippen LogP contribution >= 0.6 is 34.8 Å². The summed E-state index contributed by atoms with van der Waals surface area (Å²) in [6, 6.07) is 6.03. The highest BCUT2D eigenvalue weighted by molar-refractivity contribution is 6.67. The van der Waals surface area contributed by atoms with Crippen LogP contribution in [0.5, 0.6) is 5.75 Å². The molecule has 1 atom stereocenters. The SMILES string of the molecule is COc1ccc2c(c1)C1(CCCC1)C(O)(CCCN(CC(Cl)(Cl)Cl)C(=O)O)C2. The molecule has 0 aliphatic heterocycles. The summed E-state index contributed by atoms with van der Waals surface area (Å²) in [5.41, 5.74) is 1.15. The van der Waals surface area contributed by atoms with Crippen LogP contribution in [-0.2, 0) is 11.8 Å². The van der Waals surface area contributed by atoms with Gasteiger partial charge in [0.05, 0.1) is 19.3 Å². The molecule has 0 bridgehead atoms. The van der Waals surface area contributed by atoms with E-state index in [1.807, 2.05) is 12.1 Å². The van der Waals surface area contributed by atoms with Crippen molar-refractivity contribution in [1.82, 2.24) is 4.90 Å². The van der Waals surface area contributed by atoms with Crippen LogP contribution in [-0.4, -0.2) is 50.8 Å². The average molecular weight is 451 g/mol. The number of alkyl halides is 3. The zero-order valence-corrected chi connectivity index (χ0v) is 18.2. The lowest BCUT2D eigenvalue weighted by atomic mass is 9.68. The number of benzene rings is 1. The van der Waals surface area contributed by atoms with E-state index in [1.54, 1.807) is 7.11 Å². The van der Waals surface area contributed by atoms with Crippen LogP contribution in [0.1, 0.15) is 49.7 Å². The molecule has 2 aliphatic rings. The summed E-state index contributed by atoms with van der Waals surface area (Å²) in [5, 5.41) is 21.1. The van der Waals surface area contributed by atoms with Gasteiger partial charge in [-0.1, -0.05) is 53.7 Å². The second kappa shape index (κ2) is 8.10. The highest BCUT2D eigenvalue weighted by atomic mass is 35.6. The maximum atomic E-state index is 11.7. The van der Waals surface area contributed by atoms with Gasteiger partial charge in [-0.25, -0.2) is 4.79 Å². The zero-order valence-electron chi connectivity index (χ0n) is 15.9. The topological polar surface area (TPSA) is 70.0 Å². The number of amides is 1. The van der Waals surface area contributed by atoms with Gasteiger partial charge in [0.15, 0.2) is 0 Å². The minimum Gasteiger partial charge on any atom is -0.497 e. The molecule has 2 aliphatic carbocycles. The lowest BCUT2D eigenvalue weighted by Gasteiger charge is -2.41. The summed E-state index contributed by atoms with van der Waals surface area (Å²) < 4.78 is 3.74. The van der Waals surface area contributed by atoms with Gasteiger partial charge in [-0.3, -0.25) is 0 Å². The van der Waals surface area contributed by atoms with Gasteiger partial charge >= 0.3 is 6.09 Å². The van der Waals surface area contributed by atoms with Gasteiger partial charge in [0.25, 0.3) is 0 Å². The lowest BCUT2D eigenvalue weighted by Crippen LogP contribution is -2.48. The Morgan fingerprint density at radius 2 is 1.96 bits per heavy atom. The van der Waals surface area contributed by atoms with Crippen LogP contribution in [0, 0.1) is 0 Å². The minimum atomic E-state index is -1.66. The third-order valence-corrected chi connectivity index (χ3v) is 6.68. The van der Waals surface area contributed by atoms with E-state index in [9.17, 15) is 15.0 Å². The van der Waals surface area contributed by atoms with Crippen molar-refractivity contribution in [1.29, 1.82) is 0 Å². The number of carboxylic acid groups (broad SMARTS) is 1. The average Bonchev–Trinajstić information content (AvgIpc) is 3.19. The molecule has 5 nitrogen and oxygen atoms in total. The van der Waals surface area contributed by atoms with Crippen molar-refractivity contribution in [3.8, 4) is 5.75 Å². The van der Waals surface area contributed by atoms with Gasteiger partial charge in [-0.05, 0) is 48.9 Å². The number of nitrogens with zero attached hydrogens (tertiary/aromatic N) is 1. The number of hydrogen-bond acceptors (Lipinski definition) is 3. The number of fused-ring (bicyclic) bond motifs is 2. The zero-order chi connectivity index (χ0) is 20.6. The van der Waals surface area contributed by atoms with E-state index in [0.717, 1.165) is 41.9 Å². The molecule has 1 amide bonds. The number of halogens is 3. The van der Waals surface area contributed by atoms with Crippen molar-refractivity contribution in [2.75, 3.05) is 20.2 Å². The van der Waals surface area contributed by atoms with Gasteiger partial charge in [0.1, 0.15) is 5.75 Å². The number of aliphatic hydroxyl groups is 1. The molecular weight excluding hydrogens is 425 g/mol. The van der Waals surface area contributed by atoms with E-state index in [2.05, 4.69) is 6.07 Å². The van der Waals surface area contributed by atoms with Gasteiger partial charge in [-0.15, -0.1) is 0 Å². The quantitative estimate of drug-likeness (QED) is 0.603. The summed E-state index contributed by atoms with van der Waals surface area (Å²) in [6.07, 6.45) is 4.45. The Labute approximate surface area is 180 Å². The van der Waals surface area contributed by atoms with Crippen molar-refractivity contribution in [2.24, 2.45) is 0 Å². The summed E-state index contributed by atoms with van der Waals surface area (Å²) >= 11 is 17.3. The van der Waals surface area contributed by atoms with Gasteiger partial charge in [0, 0.05) is 18.4 Å². The Hall–Kier alpha value is -0.880. The Kier molecular flexibility index (Phi) is 6.31. The highest BCUT2D eigenvalue weighted by Gasteiger charge is 2.57. The van der Waals surface area contributed by atoms with E-state index in [0.29, 0.717) is 19.3 Å². The Balaban J connectivity index is 1.77. The van der Waals surface area contributed by atoms with E-state index < -0.39 is 15.5 Å². The molecule has 1 fully saturated rings. The Morgan fingerprint density at radius 3 is 2.54 bits per heavy atom. The Morgan fingerprint density at radius 1 is 1.29 bits per heavy atom. The molecule has 2 N–H and O–H groups in total. The number of rotatable bonds is 6. The fourth-order valence-corrected chi connectivity index (χ4v) is 5.51. The van der Waals surface area contributed by atoms with Crippen LogP contribution < -0.4 is 4.74 Å². The summed E-state index contributed by atoms with van der Waals surface area (Å²) in [5.74, 6) is 0.800. The molecule has 1 aromatic carbocycles. The fraction of sp³-hybridized carbons (Fsp3) is 0.650. The van der Waals surface area contributed by atoms with Crippen molar-refractivity contribution in [2.45, 2.75) is 59.8 Å². The van der Waals surface area contributed by atoms with E-state index in [4.69, 9.17) is 39.5 Å². The number of ether oxygens (including phenoxy) is 1. The van der Waals surface area contributed by atoms with Gasteiger partial charge < -0.3 is 19.8 Å². The van der Waals surface area contributed by atoms with E-state index in [1.165, 1.54) is 5.56 Å². The van der Waals surface area contributed by atoms with Crippen molar-refractivity contribution in [3.63, 3.8) is 0 Å². The minimum absolute atomic E-state index is 0.200. The summed E-state index contributed by atoms with van der Waals surface area (Å²) in [4.78, 5) is 12.6. The third-order valence-electron chi connectivity index (χ3n) is 6.32. The Bertz CT molecular complexity index is 731. The largest absolute Gasteiger partial charge is 0.497 e. The molecule has 1 unspecified atom stereocenters. The number of methoxy groups -OCH3 is 1. The molecular formula is C20H26Cl3NO4. The van der Waals surface area contributed by atoms with Crippen LogP contribution in [0.25, 0.3) is 0 Å². The molecule has 0 radical (unpaired) electrons. The predicted molar refractivity (Wildman–Crippen MR) is 111 cm³/mol. The van der Waals surface area contributed by atoms with Gasteiger partial charge in [-0.2, -0.15) is 0 Å². The first-order chi connectivity index (χ1) is 13.1. The first-order valence-corrected chi connectivity index (χ1v) is 10.7. The molecule has 28 heavy (non-hydrogen) atoms. The third kappa shape index (κ3) is 4.18. The summed E-state index contributed by atoms with van der Waals surface area (Å²) in [6.45, 7) is 0.00922. The van der Waals surface area contributed by atoms with E-state index in [-0.39, 0.29) is 18.5 Å². The molecule has 1 saturated carbocycles. The predicted octanol–water partition coefficient (Wildman–Crippen LogP) is 4.92. The molecule has 1 aromatic rings. The maximum absolute atomic E-state index is 11.7. The van der Waals surface area contributed by atoms with Crippen LogP contribution in [0.15, 0.2) is 18.2 Å². The van der Waals surface area contributed by atoms with Crippen molar-refractivity contribution in [3.05, 3.63) is 29.3 Å². The lowest BCUT2D eigenvalue weighted by molar-refractivity contribution is -0.0355. The normalized spacial score (nSPS) is 23.0. The molecule has 3 rings (SSSR count). The molecule has 1 spiro atoms. The monoisotopic (exact) mass is 449 g/mol. The van der Waals surface area contributed by atoms with Crippen molar-refractivity contribution < 1.29 is 19.7 Å². The molecule has 0 saturated heterocycles. The molecule has 156 valence electrons. The smallest absolute Gasteiger partial charge is 0.407 e. The van der Waals surface area contributed by atoms with Crippen LogP contribution in [0.3, 0.4) is 0 Å². The van der Waals surface area contributed by atoms with Crippen LogP contribution in [0.4, 0.5) is 4.79 Å². The standard InChI is InChI=1S/C20H26Cl3NO4/c1-28-15-6-5-14-12-19(27,18(16(14)11-15)7-2-3-8-18)9-4-10-24(17(25)26)13-20(21,22)23/h5-6,11,27H,2-4,7-10,12-13H2,1H3,(H,25,26). The molecule has 0 heterocycles. The number of carbonyl (C=O) groups is 1. The maximum Gasteiger partial charge on any atom is 0.407 e. The first-order valence-electron chi connectivity index (χ1n) is 9.55. The van der Waals surface area contributed by atoms with Crippen molar-refractivity contribution >= 4 is 40.9 Å². The van der Waals surface area contributed by atoms with E-state index >= 15 is 0 Å². The van der Waals surface area contributed by atoms with Crippen LogP contribution in [0.2, 0.25) is 0 Å². The second-order valence-corrected chi connectivity index (χ2v) is 10.5. The second-order valence-electron chi connectivity index (χ2n) is 7.94.